The minimum Gasteiger partial charge on any atom is -0.207 e. The highest BCUT2D eigenvalue weighted by Crippen LogP contribution is 2.45. The van der Waals surface area contributed by atoms with Gasteiger partial charge in [0.25, 0.3) is 0 Å². The Morgan fingerprint density at radius 2 is 1.90 bits per heavy atom. The number of benzene rings is 1. The van der Waals surface area contributed by atoms with Crippen LogP contribution in [0.5, 0.6) is 0 Å². The molecule has 1 aliphatic heterocycles. The minimum absolute atomic E-state index is 0.339. The monoisotopic (exact) mass is 355 g/mol. The molecular weight excluding hydrogens is 338 g/mol. The van der Waals surface area contributed by atoms with Crippen LogP contribution in [0.4, 0.5) is 0 Å². The van der Waals surface area contributed by atoms with E-state index in [9.17, 15) is 8.42 Å². The zero-order chi connectivity index (χ0) is 14.4. The molecule has 1 N–H and O–H groups in total. The van der Waals surface area contributed by atoms with Crippen molar-refractivity contribution in [2.45, 2.75) is 44.6 Å². The molecule has 20 heavy (non-hydrogen) atoms. The van der Waals surface area contributed by atoms with Crippen LogP contribution in [0.1, 0.15) is 44.6 Å². The van der Waals surface area contributed by atoms with Gasteiger partial charge in [-0.05, 0) is 43.0 Å². The number of nitrogens with one attached hydrogen (secondary N) is 1. The number of hydrogen-bond donors (Lipinski definition) is 1. The Bertz CT molecular complexity index is 673. The fourth-order valence-electron chi connectivity index (χ4n) is 3.44. The van der Waals surface area contributed by atoms with Crippen molar-refractivity contribution in [3.05, 3.63) is 39.9 Å². The summed E-state index contributed by atoms with van der Waals surface area (Å²) in [5.41, 5.74) is 1.41. The molecule has 2 aliphatic rings. The summed E-state index contributed by atoms with van der Waals surface area (Å²) in [5, 5.41) is 0. The van der Waals surface area contributed by atoms with Crippen LogP contribution >= 0.6 is 15.9 Å². The normalized spacial score (nSPS) is 24.3. The summed E-state index contributed by atoms with van der Waals surface area (Å²) < 4.78 is 29.0. The molecule has 1 fully saturated rings. The van der Waals surface area contributed by atoms with E-state index in [1.807, 2.05) is 31.2 Å². The number of rotatable bonds is 1. The van der Waals surface area contributed by atoms with Gasteiger partial charge in [0.1, 0.15) is 0 Å². The van der Waals surface area contributed by atoms with Crippen molar-refractivity contribution in [1.82, 2.24) is 4.72 Å². The van der Waals surface area contributed by atoms with Gasteiger partial charge >= 0.3 is 0 Å². The Morgan fingerprint density at radius 1 is 1.20 bits per heavy atom. The first-order valence-electron chi connectivity index (χ1n) is 6.96. The van der Waals surface area contributed by atoms with Crippen LogP contribution in [0.3, 0.4) is 0 Å². The first-order valence-corrected chi connectivity index (χ1v) is 9.24. The molecule has 1 aliphatic carbocycles. The smallest absolute Gasteiger partial charge is 0.207 e. The van der Waals surface area contributed by atoms with E-state index < -0.39 is 10.0 Å². The molecule has 1 spiro atoms. The maximum absolute atomic E-state index is 12.6. The van der Waals surface area contributed by atoms with Gasteiger partial charge in [-0.2, -0.15) is 0 Å². The molecule has 0 unspecified atom stereocenters. The summed E-state index contributed by atoms with van der Waals surface area (Å²) >= 11 is 3.42. The molecule has 0 aromatic heterocycles. The Labute approximate surface area is 128 Å². The summed E-state index contributed by atoms with van der Waals surface area (Å²) in [5.74, 6) is 0. The van der Waals surface area contributed by atoms with E-state index in [0.717, 1.165) is 41.3 Å². The summed E-state index contributed by atoms with van der Waals surface area (Å²) in [4.78, 5) is 0.473. The van der Waals surface area contributed by atoms with Crippen molar-refractivity contribution >= 4 is 30.9 Å². The van der Waals surface area contributed by atoms with Crippen molar-refractivity contribution in [3.63, 3.8) is 0 Å². The average Bonchev–Trinajstić information content (AvgIpc) is 2.57. The highest BCUT2D eigenvalue weighted by atomic mass is 79.9. The van der Waals surface area contributed by atoms with Gasteiger partial charge in [-0.3, -0.25) is 0 Å². The number of halogens is 1. The largest absolute Gasteiger partial charge is 0.241 e. The van der Waals surface area contributed by atoms with Crippen LogP contribution in [-0.2, 0) is 10.0 Å². The van der Waals surface area contributed by atoms with Crippen LogP contribution < -0.4 is 4.72 Å². The second-order valence-corrected chi connectivity index (χ2v) is 8.25. The third kappa shape index (κ3) is 2.26. The van der Waals surface area contributed by atoms with Crippen molar-refractivity contribution in [3.8, 4) is 0 Å². The lowest BCUT2D eigenvalue weighted by Crippen LogP contribution is -2.45. The van der Waals surface area contributed by atoms with Gasteiger partial charge in [-0.15, -0.1) is 0 Å². The van der Waals surface area contributed by atoms with Crippen LogP contribution in [0.2, 0.25) is 0 Å². The van der Waals surface area contributed by atoms with Gasteiger partial charge in [-0.25, -0.2) is 13.1 Å². The van der Waals surface area contributed by atoms with Gasteiger partial charge in [0.15, 0.2) is 0 Å². The van der Waals surface area contributed by atoms with Crippen molar-refractivity contribution < 1.29 is 8.42 Å². The molecule has 1 aromatic carbocycles. The maximum atomic E-state index is 12.6. The first kappa shape index (κ1) is 14.3. The van der Waals surface area contributed by atoms with Crippen LogP contribution in [-0.4, -0.2) is 14.0 Å². The lowest BCUT2D eigenvalue weighted by molar-refractivity contribution is 0.321. The summed E-state index contributed by atoms with van der Waals surface area (Å²) in [6.45, 7) is 1.97. The van der Waals surface area contributed by atoms with Gasteiger partial charge in [0.05, 0.1) is 10.4 Å². The van der Waals surface area contributed by atoms with Crippen LogP contribution in [0, 0.1) is 0 Å². The Hall–Kier alpha value is -0.650. The predicted molar refractivity (Wildman–Crippen MR) is 84.6 cm³/mol. The molecule has 0 amide bonds. The van der Waals surface area contributed by atoms with E-state index >= 15 is 0 Å². The van der Waals surface area contributed by atoms with E-state index in [1.54, 1.807) is 0 Å². The Balaban J connectivity index is 2.15. The van der Waals surface area contributed by atoms with Gasteiger partial charge < -0.3 is 0 Å². The maximum Gasteiger partial charge on any atom is 0.241 e. The lowest BCUT2D eigenvalue weighted by atomic mass is 9.77. The zero-order valence-corrected chi connectivity index (χ0v) is 13.9. The van der Waals surface area contributed by atoms with E-state index in [1.165, 1.54) is 6.42 Å². The standard InChI is InChI=1S/C15H18BrNO2S/c1-11-14(12-6-5-7-13(16)10-12)20(18,19)17-15(11)8-3-2-4-9-15/h5-7,10,17H,2-4,8-9H2,1H3. The zero-order valence-electron chi connectivity index (χ0n) is 11.4. The second kappa shape index (κ2) is 4.97. The van der Waals surface area contributed by atoms with E-state index in [0.29, 0.717) is 4.91 Å². The van der Waals surface area contributed by atoms with Gasteiger partial charge in [0, 0.05) is 4.47 Å². The molecule has 108 valence electrons. The fourth-order valence-corrected chi connectivity index (χ4v) is 5.85. The fraction of sp³-hybridized carbons (Fsp3) is 0.467. The van der Waals surface area contributed by atoms with Gasteiger partial charge in [0.2, 0.25) is 10.0 Å². The third-order valence-electron chi connectivity index (χ3n) is 4.45. The first-order chi connectivity index (χ1) is 9.45. The quantitative estimate of drug-likeness (QED) is 0.832. The molecule has 3 rings (SSSR count). The Kier molecular flexibility index (Phi) is 3.55. The summed E-state index contributed by atoms with van der Waals surface area (Å²) in [6, 6.07) is 7.52. The molecule has 1 aromatic rings. The third-order valence-corrected chi connectivity index (χ3v) is 6.68. The van der Waals surface area contributed by atoms with Crippen molar-refractivity contribution in [2.24, 2.45) is 0 Å². The highest BCUT2D eigenvalue weighted by molar-refractivity contribution is 9.10. The lowest BCUT2D eigenvalue weighted by Gasteiger charge is -2.34. The molecule has 1 saturated carbocycles. The van der Waals surface area contributed by atoms with E-state index in [-0.39, 0.29) is 5.54 Å². The molecular formula is C15H18BrNO2S. The molecule has 0 atom stereocenters. The second-order valence-electron chi connectivity index (χ2n) is 5.71. The van der Waals surface area contributed by atoms with E-state index in [4.69, 9.17) is 0 Å². The molecule has 0 saturated heterocycles. The molecule has 3 nitrogen and oxygen atoms in total. The molecule has 5 heteroatoms. The summed E-state index contributed by atoms with van der Waals surface area (Å²) in [6.07, 6.45) is 5.20. The van der Waals surface area contributed by atoms with Crippen molar-refractivity contribution in [2.75, 3.05) is 0 Å². The number of hydrogen-bond acceptors (Lipinski definition) is 2. The predicted octanol–water partition coefficient (Wildman–Crippen LogP) is 3.82. The highest BCUT2D eigenvalue weighted by Gasteiger charge is 2.47. The van der Waals surface area contributed by atoms with Gasteiger partial charge in [-0.1, -0.05) is 47.3 Å². The SMILES string of the molecule is CC1=C(c2cccc(Br)c2)S(=O)(=O)NC12CCCCC2. The average molecular weight is 356 g/mol. The Morgan fingerprint density at radius 3 is 2.55 bits per heavy atom. The minimum atomic E-state index is -3.41. The van der Waals surface area contributed by atoms with Crippen molar-refractivity contribution in [1.29, 1.82) is 0 Å². The van der Waals surface area contributed by atoms with Crippen LogP contribution in [0.25, 0.3) is 4.91 Å². The topological polar surface area (TPSA) is 46.2 Å². The van der Waals surface area contributed by atoms with Crippen LogP contribution in [0.15, 0.2) is 34.3 Å². The molecule has 0 bridgehead atoms. The summed E-state index contributed by atoms with van der Waals surface area (Å²) in [7, 11) is -3.41. The number of sulfonamides is 1. The molecule has 1 heterocycles. The molecule has 0 radical (unpaired) electrons. The van der Waals surface area contributed by atoms with E-state index in [2.05, 4.69) is 20.7 Å².